The fourth-order valence-electron chi connectivity index (χ4n) is 3.06. The van der Waals surface area contributed by atoms with Crippen LogP contribution in [0.25, 0.3) is 28.5 Å². The molecule has 0 bridgehead atoms. The van der Waals surface area contributed by atoms with Gasteiger partial charge in [-0.1, -0.05) is 36.4 Å². The van der Waals surface area contributed by atoms with E-state index in [-0.39, 0.29) is 17.9 Å². The summed E-state index contributed by atoms with van der Waals surface area (Å²) in [5.41, 5.74) is 2.59. The Morgan fingerprint density at radius 1 is 0.897 bits per heavy atom. The van der Waals surface area contributed by atoms with Crippen molar-refractivity contribution in [1.82, 2.24) is 14.8 Å². The van der Waals surface area contributed by atoms with Crippen molar-refractivity contribution in [3.8, 4) is 34.2 Å². The summed E-state index contributed by atoms with van der Waals surface area (Å²) in [6.07, 6.45) is 0. The van der Waals surface area contributed by atoms with Gasteiger partial charge in [-0.25, -0.2) is 14.5 Å². The Labute approximate surface area is 166 Å². The Bertz CT molecular complexity index is 1180. The zero-order chi connectivity index (χ0) is 20.4. The first kappa shape index (κ1) is 18.4. The van der Waals surface area contributed by atoms with Gasteiger partial charge in [0.25, 0.3) is 0 Å². The Balaban J connectivity index is 1.93. The van der Waals surface area contributed by atoms with E-state index in [9.17, 15) is 15.0 Å². The molecule has 4 aromatic rings. The lowest BCUT2D eigenvalue weighted by Gasteiger charge is -2.09. The molecule has 0 spiro atoms. The van der Waals surface area contributed by atoms with E-state index in [0.717, 1.165) is 0 Å². The smallest absolute Gasteiger partial charge is 0.335 e. The summed E-state index contributed by atoms with van der Waals surface area (Å²) >= 11 is 0. The monoisotopic (exact) mass is 387 g/mol. The van der Waals surface area contributed by atoms with Gasteiger partial charge in [-0.3, -0.25) is 0 Å². The maximum atomic E-state index is 11.2. The van der Waals surface area contributed by atoms with Gasteiger partial charge in [0, 0.05) is 5.56 Å². The second-order valence-corrected chi connectivity index (χ2v) is 6.36. The van der Waals surface area contributed by atoms with Gasteiger partial charge in [0.2, 0.25) is 0 Å². The van der Waals surface area contributed by atoms with E-state index in [1.807, 2.05) is 18.2 Å². The molecule has 3 aromatic carbocycles. The van der Waals surface area contributed by atoms with Gasteiger partial charge in [0.15, 0.2) is 11.6 Å². The number of aliphatic hydroxyl groups excluding tert-OH is 1. The third-order valence-electron chi connectivity index (χ3n) is 4.54. The standard InChI is InChI=1S/C22H17N3O4/c26-13-15-5-1-2-6-17(15)21-23-20(18-7-3-4-8-19(18)27)24-25(21)16-11-9-14(10-12-16)22(28)29/h1-12,26-27H,13H2,(H,28,29). The SMILES string of the molecule is O=C(O)c1ccc(-n2nc(-c3ccccc3O)nc2-c2ccccc2CO)cc1. The zero-order valence-electron chi connectivity index (χ0n) is 15.2. The largest absolute Gasteiger partial charge is 0.507 e. The summed E-state index contributed by atoms with van der Waals surface area (Å²) in [6, 6.07) is 20.3. The Hall–Kier alpha value is -3.97. The number of hydrogen-bond acceptors (Lipinski definition) is 5. The minimum absolute atomic E-state index is 0.0490. The average molecular weight is 387 g/mol. The number of carboxylic acid groups (broad SMARTS) is 1. The molecule has 7 nitrogen and oxygen atoms in total. The van der Waals surface area contributed by atoms with E-state index < -0.39 is 5.97 Å². The van der Waals surface area contributed by atoms with E-state index in [1.165, 1.54) is 12.1 Å². The molecule has 7 heteroatoms. The highest BCUT2D eigenvalue weighted by Crippen LogP contribution is 2.31. The van der Waals surface area contributed by atoms with Gasteiger partial charge < -0.3 is 15.3 Å². The number of nitrogens with zero attached hydrogens (tertiary/aromatic N) is 3. The molecular weight excluding hydrogens is 370 g/mol. The van der Waals surface area contributed by atoms with E-state index in [2.05, 4.69) is 10.1 Å². The Morgan fingerprint density at radius 3 is 2.21 bits per heavy atom. The summed E-state index contributed by atoms with van der Waals surface area (Å²) in [4.78, 5) is 15.8. The molecule has 0 unspecified atom stereocenters. The number of aromatic nitrogens is 3. The van der Waals surface area contributed by atoms with Crippen LogP contribution in [-0.2, 0) is 6.61 Å². The van der Waals surface area contributed by atoms with Crippen LogP contribution >= 0.6 is 0 Å². The number of benzene rings is 3. The first-order chi connectivity index (χ1) is 14.1. The highest BCUT2D eigenvalue weighted by Gasteiger charge is 2.19. The van der Waals surface area contributed by atoms with Crippen LogP contribution < -0.4 is 0 Å². The minimum atomic E-state index is -1.02. The van der Waals surface area contributed by atoms with Crippen LogP contribution in [0.1, 0.15) is 15.9 Å². The van der Waals surface area contributed by atoms with Crippen molar-refractivity contribution < 1.29 is 20.1 Å². The molecule has 0 atom stereocenters. The number of hydrogen-bond donors (Lipinski definition) is 3. The predicted octanol–water partition coefficient (Wildman–Crippen LogP) is 3.50. The number of carbonyl (C=O) groups is 1. The first-order valence-electron chi connectivity index (χ1n) is 8.87. The molecule has 0 fully saturated rings. The molecule has 0 saturated heterocycles. The van der Waals surface area contributed by atoms with Crippen molar-refractivity contribution in [2.75, 3.05) is 0 Å². The zero-order valence-corrected chi connectivity index (χ0v) is 15.2. The molecule has 0 saturated carbocycles. The van der Waals surface area contributed by atoms with Gasteiger partial charge in [-0.15, -0.1) is 5.10 Å². The van der Waals surface area contributed by atoms with Gasteiger partial charge in [0.05, 0.1) is 23.4 Å². The van der Waals surface area contributed by atoms with Crippen LogP contribution in [-0.4, -0.2) is 36.1 Å². The number of phenolic OH excluding ortho intramolecular Hbond substituents is 1. The van der Waals surface area contributed by atoms with E-state index in [4.69, 9.17) is 5.11 Å². The number of rotatable bonds is 5. The second-order valence-electron chi connectivity index (χ2n) is 6.36. The van der Waals surface area contributed by atoms with E-state index >= 15 is 0 Å². The number of aromatic carboxylic acids is 1. The van der Waals surface area contributed by atoms with Crippen LogP contribution in [0.4, 0.5) is 0 Å². The van der Waals surface area contributed by atoms with Crippen molar-refractivity contribution >= 4 is 5.97 Å². The number of para-hydroxylation sites is 1. The van der Waals surface area contributed by atoms with Gasteiger partial charge in [0.1, 0.15) is 5.75 Å². The summed E-state index contributed by atoms with van der Waals surface area (Å²) in [5, 5.41) is 33.6. The summed E-state index contributed by atoms with van der Waals surface area (Å²) in [5.74, 6) is -0.187. The molecule has 0 aliphatic carbocycles. The van der Waals surface area contributed by atoms with Crippen LogP contribution in [0.5, 0.6) is 5.75 Å². The molecule has 0 aliphatic heterocycles. The molecule has 4 rings (SSSR count). The van der Waals surface area contributed by atoms with E-state index in [1.54, 1.807) is 47.1 Å². The molecule has 1 aromatic heterocycles. The first-order valence-corrected chi connectivity index (χ1v) is 8.87. The lowest BCUT2D eigenvalue weighted by atomic mass is 10.1. The molecule has 0 amide bonds. The number of phenols is 1. The van der Waals surface area contributed by atoms with Crippen LogP contribution in [0, 0.1) is 0 Å². The number of aromatic hydroxyl groups is 1. The molecule has 0 aliphatic rings. The topological polar surface area (TPSA) is 108 Å². The highest BCUT2D eigenvalue weighted by molar-refractivity contribution is 5.87. The quantitative estimate of drug-likeness (QED) is 0.484. The highest BCUT2D eigenvalue weighted by atomic mass is 16.4. The summed E-state index contributed by atoms with van der Waals surface area (Å²) < 4.78 is 1.57. The average Bonchev–Trinajstić information content (AvgIpc) is 3.19. The third kappa shape index (κ3) is 3.46. The lowest BCUT2D eigenvalue weighted by Crippen LogP contribution is -2.03. The third-order valence-corrected chi connectivity index (χ3v) is 4.54. The molecule has 1 heterocycles. The summed E-state index contributed by atoms with van der Waals surface area (Å²) in [6.45, 7) is -0.174. The molecule has 144 valence electrons. The van der Waals surface area contributed by atoms with Crippen LogP contribution in [0.2, 0.25) is 0 Å². The Kier molecular flexibility index (Phi) is 4.80. The molecule has 29 heavy (non-hydrogen) atoms. The second kappa shape index (κ2) is 7.57. The normalized spacial score (nSPS) is 10.8. The van der Waals surface area contributed by atoms with Crippen LogP contribution in [0.3, 0.4) is 0 Å². The van der Waals surface area contributed by atoms with Gasteiger partial charge in [-0.2, -0.15) is 0 Å². The minimum Gasteiger partial charge on any atom is -0.507 e. The van der Waals surface area contributed by atoms with Crippen molar-refractivity contribution in [1.29, 1.82) is 0 Å². The van der Waals surface area contributed by atoms with Crippen molar-refractivity contribution in [2.45, 2.75) is 6.61 Å². The van der Waals surface area contributed by atoms with E-state index in [0.29, 0.717) is 34.0 Å². The van der Waals surface area contributed by atoms with Crippen molar-refractivity contribution in [3.63, 3.8) is 0 Å². The lowest BCUT2D eigenvalue weighted by molar-refractivity contribution is 0.0697. The van der Waals surface area contributed by atoms with Crippen molar-refractivity contribution in [3.05, 3.63) is 83.9 Å². The molecular formula is C22H17N3O4. The Morgan fingerprint density at radius 2 is 1.55 bits per heavy atom. The fraction of sp³-hybridized carbons (Fsp3) is 0.0455. The maximum absolute atomic E-state index is 11.2. The fourth-order valence-corrected chi connectivity index (χ4v) is 3.06. The summed E-state index contributed by atoms with van der Waals surface area (Å²) in [7, 11) is 0. The number of carboxylic acids is 1. The molecule has 3 N–H and O–H groups in total. The maximum Gasteiger partial charge on any atom is 0.335 e. The number of aliphatic hydroxyl groups is 1. The van der Waals surface area contributed by atoms with Gasteiger partial charge in [-0.05, 0) is 42.0 Å². The molecule has 0 radical (unpaired) electrons. The predicted molar refractivity (Wildman–Crippen MR) is 107 cm³/mol. The van der Waals surface area contributed by atoms with Crippen LogP contribution in [0.15, 0.2) is 72.8 Å². The van der Waals surface area contributed by atoms with Gasteiger partial charge >= 0.3 is 5.97 Å². The van der Waals surface area contributed by atoms with Crippen molar-refractivity contribution in [2.24, 2.45) is 0 Å².